The van der Waals surface area contributed by atoms with Crippen molar-refractivity contribution in [3.8, 4) is 11.4 Å². The molecule has 0 saturated heterocycles. The summed E-state index contributed by atoms with van der Waals surface area (Å²) in [6.45, 7) is 0. The number of fused-ring (bicyclic) bond motifs is 1. The van der Waals surface area contributed by atoms with E-state index in [2.05, 4.69) is 36.8 Å². The Hall–Kier alpha value is -2.38. The van der Waals surface area contributed by atoms with Gasteiger partial charge in [0.15, 0.2) is 5.78 Å². The van der Waals surface area contributed by atoms with E-state index in [-0.39, 0.29) is 11.5 Å². The summed E-state index contributed by atoms with van der Waals surface area (Å²) in [6.07, 6.45) is 6.63. The maximum Gasteiger partial charge on any atom is 0.196 e. The number of nitrogens with zero attached hydrogens (tertiary/aromatic N) is 2. The number of hydrogen-bond acceptors (Lipinski definition) is 4. The Morgan fingerprint density at radius 1 is 1.16 bits per heavy atom. The van der Waals surface area contributed by atoms with Gasteiger partial charge in [-0.1, -0.05) is 0 Å². The van der Waals surface area contributed by atoms with Gasteiger partial charge in [-0.3, -0.25) is 4.79 Å². The van der Waals surface area contributed by atoms with Crippen molar-refractivity contribution in [1.29, 1.82) is 0 Å². The van der Waals surface area contributed by atoms with Crippen molar-refractivity contribution in [3.63, 3.8) is 0 Å². The second-order valence-corrected chi connectivity index (χ2v) is 6.98. The van der Waals surface area contributed by atoms with Gasteiger partial charge < -0.3 is 14.1 Å². The molecule has 0 aliphatic rings. The summed E-state index contributed by atoms with van der Waals surface area (Å²) in [5, 5.41) is 10.5. The SMILES string of the molecule is O=C(c1ccc(-n2ccnc2)cc1)c1coc2c(Br)c(Br)c(O)cc12. The van der Waals surface area contributed by atoms with Crippen LogP contribution in [0.2, 0.25) is 0 Å². The van der Waals surface area contributed by atoms with Crippen molar-refractivity contribution in [3.05, 3.63) is 75.4 Å². The lowest BCUT2D eigenvalue weighted by Crippen LogP contribution is -2.01. The Kier molecular flexibility index (Phi) is 3.97. The van der Waals surface area contributed by atoms with E-state index < -0.39 is 0 Å². The van der Waals surface area contributed by atoms with E-state index in [9.17, 15) is 9.90 Å². The average Bonchev–Trinajstić information content (AvgIpc) is 3.29. The largest absolute Gasteiger partial charge is 0.507 e. The van der Waals surface area contributed by atoms with Crippen LogP contribution in [0.25, 0.3) is 16.7 Å². The fraction of sp³-hybridized carbons (Fsp3) is 0. The molecule has 25 heavy (non-hydrogen) atoms. The second-order valence-electron chi connectivity index (χ2n) is 5.40. The minimum atomic E-state index is -0.176. The molecule has 2 aromatic heterocycles. The van der Waals surface area contributed by atoms with Gasteiger partial charge in [0.05, 0.1) is 20.8 Å². The predicted molar refractivity (Wildman–Crippen MR) is 100 cm³/mol. The van der Waals surface area contributed by atoms with Crippen LogP contribution < -0.4 is 0 Å². The lowest BCUT2D eigenvalue weighted by molar-refractivity contribution is 0.103. The highest BCUT2D eigenvalue weighted by Gasteiger charge is 2.20. The standard InChI is InChI=1S/C18H10Br2N2O3/c19-15-14(23)7-12-13(8-25-18(12)16(15)20)17(24)10-1-3-11(4-2-10)22-6-5-21-9-22/h1-9,23H. The van der Waals surface area contributed by atoms with Crippen LogP contribution in [-0.4, -0.2) is 20.4 Å². The van der Waals surface area contributed by atoms with Gasteiger partial charge in [-0.25, -0.2) is 4.98 Å². The Labute approximate surface area is 159 Å². The van der Waals surface area contributed by atoms with Gasteiger partial charge in [0.1, 0.15) is 17.6 Å². The van der Waals surface area contributed by atoms with Gasteiger partial charge in [-0.05, 0) is 62.2 Å². The molecule has 0 radical (unpaired) electrons. The number of aromatic nitrogens is 2. The molecule has 5 nitrogen and oxygen atoms in total. The van der Waals surface area contributed by atoms with Gasteiger partial charge in [0.25, 0.3) is 0 Å². The highest BCUT2D eigenvalue weighted by Crippen LogP contribution is 2.40. The number of imidazole rings is 1. The molecule has 2 aromatic carbocycles. The van der Waals surface area contributed by atoms with Gasteiger partial charge in [-0.15, -0.1) is 0 Å². The fourth-order valence-corrected chi connectivity index (χ4v) is 3.43. The van der Waals surface area contributed by atoms with E-state index in [0.717, 1.165) is 5.69 Å². The van der Waals surface area contributed by atoms with E-state index in [0.29, 0.717) is 31.0 Å². The van der Waals surface area contributed by atoms with Crippen LogP contribution in [0.5, 0.6) is 5.75 Å². The third-order valence-electron chi connectivity index (χ3n) is 3.90. The average molecular weight is 462 g/mol. The van der Waals surface area contributed by atoms with Gasteiger partial charge in [-0.2, -0.15) is 0 Å². The third kappa shape index (κ3) is 2.69. The number of benzene rings is 2. The van der Waals surface area contributed by atoms with Gasteiger partial charge >= 0.3 is 0 Å². The van der Waals surface area contributed by atoms with E-state index in [1.807, 2.05) is 22.9 Å². The summed E-state index contributed by atoms with van der Waals surface area (Å²) < 4.78 is 8.43. The normalized spacial score (nSPS) is 11.1. The zero-order valence-corrected chi connectivity index (χ0v) is 15.8. The molecule has 0 aliphatic heterocycles. The van der Waals surface area contributed by atoms with E-state index in [1.165, 1.54) is 12.3 Å². The molecule has 0 fully saturated rings. The summed E-state index contributed by atoms with van der Waals surface area (Å²) >= 11 is 6.63. The smallest absolute Gasteiger partial charge is 0.196 e. The first kappa shape index (κ1) is 16.1. The Morgan fingerprint density at radius 2 is 1.92 bits per heavy atom. The maximum absolute atomic E-state index is 12.8. The number of hydrogen-bond donors (Lipinski definition) is 1. The number of phenolic OH excluding ortho intramolecular Hbond substituents is 1. The zero-order valence-electron chi connectivity index (χ0n) is 12.6. The Balaban J connectivity index is 1.75. The molecule has 4 rings (SSSR count). The first-order valence-electron chi connectivity index (χ1n) is 7.27. The van der Waals surface area contributed by atoms with Crippen LogP contribution in [0, 0.1) is 0 Å². The molecule has 4 aromatic rings. The minimum Gasteiger partial charge on any atom is -0.507 e. The van der Waals surface area contributed by atoms with Gasteiger partial charge in [0, 0.05) is 29.0 Å². The first-order chi connectivity index (χ1) is 12.1. The minimum absolute atomic E-state index is 0.0327. The Bertz CT molecular complexity index is 1080. The van der Waals surface area contributed by atoms with Crippen molar-refractivity contribution < 1.29 is 14.3 Å². The van der Waals surface area contributed by atoms with Crippen molar-refractivity contribution >= 4 is 48.6 Å². The number of furan rings is 1. The highest BCUT2D eigenvalue weighted by atomic mass is 79.9. The van der Waals surface area contributed by atoms with Crippen molar-refractivity contribution in [1.82, 2.24) is 9.55 Å². The number of halogens is 2. The fourth-order valence-electron chi connectivity index (χ4n) is 2.62. The van der Waals surface area contributed by atoms with Crippen molar-refractivity contribution in [2.45, 2.75) is 0 Å². The van der Waals surface area contributed by atoms with Crippen LogP contribution in [0.3, 0.4) is 0 Å². The predicted octanol–water partition coefficient (Wildman–Crippen LogP) is 5.08. The summed E-state index contributed by atoms with van der Waals surface area (Å²) in [5.74, 6) is -0.144. The molecule has 0 bridgehead atoms. The molecule has 0 saturated carbocycles. The van der Waals surface area contributed by atoms with E-state index in [1.54, 1.807) is 24.7 Å². The number of aromatic hydroxyl groups is 1. The van der Waals surface area contributed by atoms with Crippen LogP contribution in [0.4, 0.5) is 0 Å². The molecule has 0 unspecified atom stereocenters. The molecule has 0 atom stereocenters. The molecule has 7 heteroatoms. The summed E-state index contributed by atoms with van der Waals surface area (Å²) in [7, 11) is 0. The zero-order chi connectivity index (χ0) is 17.6. The molecule has 1 N–H and O–H groups in total. The first-order valence-corrected chi connectivity index (χ1v) is 8.86. The number of ketones is 1. The number of carbonyl (C=O) groups excluding carboxylic acids is 1. The lowest BCUT2D eigenvalue weighted by atomic mass is 10.0. The second kappa shape index (κ2) is 6.16. The number of phenols is 1. The molecular formula is C18H10Br2N2O3. The lowest BCUT2D eigenvalue weighted by Gasteiger charge is -2.05. The molecular weight excluding hydrogens is 452 g/mol. The molecule has 0 aliphatic carbocycles. The topological polar surface area (TPSA) is 68.3 Å². The molecule has 124 valence electrons. The van der Waals surface area contributed by atoms with Crippen LogP contribution in [0.15, 0.2) is 68.7 Å². The maximum atomic E-state index is 12.8. The monoisotopic (exact) mass is 460 g/mol. The van der Waals surface area contributed by atoms with Crippen LogP contribution in [-0.2, 0) is 0 Å². The highest BCUT2D eigenvalue weighted by molar-refractivity contribution is 9.13. The molecule has 0 spiro atoms. The van der Waals surface area contributed by atoms with E-state index in [4.69, 9.17) is 4.42 Å². The summed E-state index contributed by atoms with van der Waals surface area (Å²) in [6, 6.07) is 8.72. The van der Waals surface area contributed by atoms with Gasteiger partial charge in [0.2, 0.25) is 0 Å². The quantitative estimate of drug-likeness (QED) is 0.432. The third-order valence-corrected chi connectivity index (χ3v) is 6.00. The summed E-state index contributed by atoms with van der Waals surface area (Å²) in [5.41, 5.74) is 2.34. The number of rotatable bonds is 3. The molecule has 0 amide bonds. The van der Waals surface area contributed by atoms with Crippen molar-refractivity contribution in [2.75, 3.05) is 0 Å². The van der Waals surface area contributed by atoms with Crippen molar-refractivity contribution in [2.24, 2.45) is 0 Å². The molecule has 2 heterocycles. The number of carbonyl (C=O) groups is 1. The van der Waals surface area contributed by atoms with E-state index >= 15 is 0 Å². The summed E-state index contributed by atoms with van der Waals surface area (Å²) in [4.78, 5) is 16.8. The Morgan fingerprint density at radius 3 is 2.60 bits per heavy atom. The van der Waals surface area contributed by atoms with Crippen LogP contribution in [0.1, 0.15) is 15.9 Å². The van der Waals surface area contributed by atoms with Crippen LogP contribution >= 0.6 is 31.9 Å².